The predicted octanol–water partition coefficient (Wildman–Crippen LogP) is 2.97. The Morgan fingerprint density at radius 3 is 2.68 bits per heavy atom. The van der Waals surface area contributed by atoms with Gasteiger partial charge in [0, 0.05) is 19.5 Å². The normalized spacial score (nSPS) is 22.4. The summed E-state index contributed by atoms with van der Waals surface area (Å²) in [5, 5.41) is 11.0. The Morgan fingerprint density at radius 1 is 1.47 bits per heavy atom. The molecule has 0 radical (unpaired) electrons. The summed E-state index contributed by atoms with van der Waals surface area (Å²) in [5.74, 6) is -1.20. The summed E-state index contributed by atoms with van der Waals surface area (Å²) in [7, 11) is 1.78. The van der Waals surface area contributed by atoms with Gasteiger partial charge in [0.1, 0.15) is 0 Å². The summed E-state index contributed by atoms with van der Waals surface area (Å²) >= 11 is 4.99. The molecule has 19 heavy (non-hydrogen) atoms. The molecular formula is C13H16BrNO3S. The standard InChI is InChI=1S/C13H16BrNO3S/c1-15(6-8-4-11(14)19-7-8)12(16)9-2-3-10(5-9)13(17)18/h4,7,9-10H,2-3,5-6H2,1H3,(H,17,18)/t9-,10+/m1/s1. The molecule has 0 aliphatic heterocycles. The summed E-state index contributed by atoms with van der Waals surface area (Å²) in [4.78, 5) is 24.9. The highest BCUT2D eigenvalue weighted by Gasteiger charge is 2.35. The van der Waals surface area contributed by atoms with Crippen molar-refractivity contribution in [2.75, 3.05) is 7.05 Å². The van der Waals surface area contributed by atoms with Gasteiger partial charge in [-0.15, -0.1) is 11.3 Å². The van der Waals surface area contributed by atoms with E-state index in [1.807, 2.05) is 11.4 Å². The molecule has 1 aromatic rings. The molecule has 1 fully saturated rings. The number of thiophene rings is 1. The fourth-order valence-electron chi connectivity index (χ4n) is 2.52. The number of carboxylic acid groups (broad SMARTS) is 1. The number of rotatable bonds is 4. The number of carbonyl (C=O) groups is 2. The smallest absolute Gasteiger partial charge is 0.306 e. The van der Waals surface area contributed by atoms with Crippen LogP contribution in [0.4, 0.5) is 0 Å². The first-order valence-electron chi connectivity index (χ1n) is 6.18. The molecule has 1 aromatic heterocycles. The van der Waals surface area contributed by atoms with Crippen LogP contribution in [-0.4, -0.2) is 28.9 Å². The first-order valence-corrected chi connectivity index (χ1v) is 7.85. The predicted molar refractivity (Wildman–Crippen MR) is 77.0 cm³/mol. The van der Waals surface area contributed by atoms with Crippen molar-refractivity contribution in [1.82, 2.24) is 4.90 Å². The molecule has 2 atom stereocenters. The summed E-state index contributed by atoms with van der Waals surface area (Å²) in [6.07, 6.45) is 1.78. The minimum absolute atomic E-state index is 0.0612. The topological polar surface area (TPSA) is 57.6 Å². The summed E-state index contributed by atoms with van der Waals surface area (Å²) in [6, 6.07) is 2.00. The van der Waals surface area contributed by atoms with E-state index in [1.54, 1.807) is 23.3 Å². The van der Waals surface area contributed by atoms with Gasteiger partial charge in [0.15, 0.2) is 0 Å². The van der Waals surface area contributed by atoms with E-state index in [2.05, 4.69) is 15.9 Å². The molecule has 6 heteroatoms. The number of halogens is 1. The van der Waals surface area contributed by atoms with Crippen LogP contribution in [0.1, 0.15) is 24.8 Å². The molecule has 1 saturated carbocycles. The second kappa shape index (κ2) is 6.05. The minimum Gasteiger partial charge on any atom is -0.481 e. The molecule has 0 spiro atoms. The van der Waals surface area contributed by atoms with Crippen molar-refractivity contribution in [2.24, 2.45) is 11.8 Å². The SMILES string of the molecule is CN(Cc1csc(Br)c1)C(=O)[C@@H]1CC[C@H](C(=O)O)C1. The second-order valence-corrected chi connectivity index (χ2v) is 7.29. The van der Waals surface area contributed by atoms with Crippen molar-refractivity contribution in [3.05, 3.63) is 20.8 Å². The van der Waals surface area contributed by atoms with Gasteiger partial charge < -0.3 is 10.0 Å². The number of carbonyl (C=O) groups excluding carboxylic acids is 1. The van der Waals surface area contributed by atoms with Gasteiger partial charge in [0.05, 0.1) is 9.70 Å². The third-order valence-electron chi connectivity index (χ3n) is 3.55. The molecule has 2 rings (SSSR count). The minimum atomic E-state index is -0.778. The molecule has 0 bridgehead atoms. The molecule has 1 heterocycles. The Bertz CT molecular complexity index is 488. The maximum absolute atomic E-state index is 12.2. The van der Waals surface area contributed by atoms with Crippen molar-refractivity contribution < 1.29 is 14.7 Å². The van der Waals surface area contributed by atoms with Gasteiger partial charge >= 0.3 is 5.97 Å². The monoisotopic (exact) mass is 345 g/mol. The van der Waals surface area contributed by atoms with E-state index in [0.29, 0.717) is 25.8 Å². The molecule has 104 valence electrons. The van der Waals surface area contributed by atoms with Crippen molar-refractivity contribution in [3.8, 4) is 0 Å². The maximum atomic E-state index is 12.2. The van der Waals surface area contributed by atoms with E-state index in [4.69, 9.17) is 5.11 Å². The highest BCUT2D eigenvalue weighted by molar-refractivity contribution is 9.11. The van der Waals surface area contributed by atoms with E-state index in [1.165, 1.54) is 0 Å². The Kier molecular flexibility index (Phi) is 4.62. The number of hydrogen-bond donors (Lipinski definition) is 1. The second-order valence-electron chi connectivity index (χ2n) is 5.00. The zero-order chi connectivity index (χ0) is 14.0. The molecule has 0 unspecified atom stereocenters. The van der Waals surface area contributed by atoms with Gasteiger partial charge in [0.25, 0.3) is 0 Å². The number of carboxylic acids is 1. The van der Waals surface area contributed by atoms with Crippen LogP contribution >= 0.6 is 27.3 Å². The quantitative estimate of drug-likeness (QED) is 0.912. The lowest BCUT2D eigenvalue weighted by Gasteiger charge is -2.20. The molecule has 4 nitrogen and oxygen atoms in total. The van der Waals surface area contributed by atoms with Crippen LogP contribution in [0.15, 0.2) is 15.2 Å². The van der Waals surface area contributed by atoms with Gasteiger partial charge in [-0.25, -0.2) is 0 Å². The molecule has 0 aromatic carbocycles. The summed E-state index contributed by atoms with van der Waals surface area (Å²) in [6.45, 7) is 0.579. The average molecular weight is 346 g/mol. The van der Waals surface area contributed by atoms with E-state index < -0.39 is 5.97 Å². The number of amides is 1. The lowest BCUT2D eigenvalue weighted by atomic mass is 10.0. The van der Waals surface area contributed by atoms with Crippen LogP contribution < -0.4 is 0 Å². The van der Waals surface area contributed by atoms with Crippen LogP contribution in [0.2, 0.25) is 0 Å². The zero-order valence-electron chi connectivity index (χ0n) is 10.6. The van der Waals surface area contributed by atoms with Crippen LogP contribution in [0, 0.1) is 11.8 Å². The van der Waals surface area contributed by atoms with E-state index in [9.17, 15) is 9.59 Å². The third-order valence-corrected chi connectivity index (χ3v) is 5.10. The number of aliphatic carboxylic acids is 1. The third kappa shape index (κ3) is 3.57. The van der Waals surface area contributed by atoms with Gasteiger partial charge in [-0.2, -0.15) is 0 Å². The molecule has 0 saturated heterocycles. The molecule has 1 N–H and O–H groups in total. The van der Waals surface area contributed by atoms with E-state index in [0.717, 1.165) is 9.35 Å². The largest absolute Gasteiger partial charge is 0.481 e. The van der Waals surface area contributed by atoms with Crippen LogP contribution in [0.5, 0.6) is 0 Å². The molecule has 1 amide bonds. The molecule has 1 aliphatic rings. The van der Waals surface area contributed by atoms with Crippen molar-refractivity contribution >= 4 is 39.1 Å². The Hall–Kier alpha value is -0.880. The first kappa shape index (κ1) is 14.5. The fraction of sp³-hybridized carbons (Fsp3) is 0.538. The number of nitrogens with zero attached hydrogens (tertiary/aromatic N) is 1. The van der Waals surface area contributed by atoms with Crippen LogP contribution in [0.25, 0.3) is 0 Å². The number of hydrogen-bond acceptors (Lipinski definition) is 3. The highest BCUT2D eigenvalue weighted by atomic mass is 79.9. The average Bonchev–Trinajstić information content (AvgIpc) is 2.97. The Labute approximate surface area is 124 Å². The van der Waals surface area contributed by atoms with E-state index in [-0.39, 0.29) is 17.7 Å². The Balaban J connectivity index is 1.91. The lowest BCUT2D eigenvalue weighted by molar-refractivity contribution is -0.141. The van der Waals surface area contributed by atoms with Gasteiger partial charge in [-0.05, 0) is 52.2 Å². The fourth-order valence-corrected chi connectivity index (χ4v) is 3.72. The van der Waals surface area contributed by atoms with Crippen molar-refractivity contribution in [2.45, 2.75) is 25.8 Å². The molecular weight excluding hydrogens is 330 g/mol. The van der Waals surface area contributed by atoms with Crippen LogP contribution in [-0.2, 0) is 16.1 Å². The van der Waals surface area contributed by atoms with Crippen LogP contribution in [0.3, 0.4) is 0 Å². The maximum Gasteiger partial charge on any atom is 0.306 e. The lowest BCUT2D eigenvalue weighted by Crippen LogP contribution is -2.31. The summed E-state index contributed by atoms with van der Waals surface area (Å²) in [5.41, 5.74) is 1.10. The van der Waals surface area contributed by atoms with Gasteiger partial charge in [0.2, 0.25) is 5.91 Å². The van der Waals surface area contributed by atoms with Gasteiger partial charge in [-0.1, -0.05) is 0 Å². The van der Waals surface area contributed by atoms with Crippen molar-refractivity contribution in [1.29, 1.82) is 0 Å². The first-order chi connectivity index (χ1) is 8.97. The molecule has 1 aliphatic carbocycles. The zero-order valence-corrected chi connectivity index (χ0v) is 13.0. The van der Waals surface area contributed by atoms with E-state index >= 15 is 0 Å². The Morgan fingerprint density at radius 2 is 2.16 bits per heavy atom. The van der Waals surface area contributed by atoms with Crippen molar-refractivity contribution in [3.63, 3.8) is 0 Å². The summed E-state index contributed by atoms with van der Waals surface area (Å²) < 4.78 is 1.05. The highest BCUT2D eigenvalue weighted by Crippen LogP contribution is 2.32. The van der Waals surface area contributed by atoms with Gasteiger partial charge in [-0.3, -0.25) is 9.59 Å².